The number of para-hydroxylation sites is 2. The fourth-order valence-corrected chi connectivity index (χ4v) is 4.42. The summed E-state index contributed by atoms with van der Waals surface area (Å²) in [6.45, 7) is 0. The SMILES string of the molecule is C1=CC(c2ccc[nH]2)N(C2=CNc3ccccc3S2)c2ccccc21. The number of aromatic nitrogens is 1. The van der Waals surface area contributed by atoms with Crippen molar-refractivity contribution in [3.05, 3.63) is 95.4 Å². The molecule has 25 heavy (non-hydrogen) atoms. The molecule has 1 atom stereocenters. The highest BCUT2D eigenvalue weighted by Crippen LogP contribution is 2.46. The van der Waals surface area contributed by atoms with Crippen molar-refractivity contribution >= 4 is 29.2 Å². The maximum Gasteiger partial charge on any atom is 0.0973 e. The van der Waals surface area contributed by atoms with Crippen LogP contribution in [0.3, 0.4) is 0 Å². The number of nitrogens with one attached hydrogen (secondary N) is 2. The van der Waals surface area contributed by atoms with Gasteiger partial charge in [0.2, 0.25) is 0 Å². The van der Waals surface area contributed by atoms with Gasteiger partial charge in [0.25, 0.3) is 0 Å². The molecule has 3 heterocycles. The van der Waals surface area contributed by atoms with Gasteiger partial charge in [-0.3, -0.25) is 0 Å². The second kappa shape index (κ2) is 5.90. The molecular weight excluding hydrogens is 326 g/mol. The molecule has 0 aliphatic carbocycles. The normalized spacial score (nSPS) is 18.2. The molecule has 1 unspecified atom stereocenters. The maximum atomic E-state index is 3.45. The van der Waals surface area contributed by atoms with Gasteiger partial charge in [-0.05, 0) is 35.9 Å². The first-order valence-electron chi connectivity index (χ1n) is 8.33. The van der Waals surface area contributed by atoms with Crippen molar-refractivity contribution in [1.82, 2.24) is 4.98 Å². The Hall–Kier alpha value is -2.85. The molecule has 0 fully saturated rings. The highest BCUT2D eigenvalue weighted by atomic mass is 32.2. The number of nitrogens with zero attached hydrogens (tertiary/aromatic N) is 1. The van der Waals surface area contributed by atoms with Crippen LogP contribution in [0.2, 0.25) is 0 Å². The van der Waals surface area contributed by atoms with Gasteiger partial charge in [0.15, 0.2) is 0 Å². The Bertz CT molecular complexity index is 972. The molecule has 2 aliphatic rings. The van der Waals surface area contributed by atoms with E-state index in [0.29, 0.717) is 0 Å². The van der Waals surface area contributed by atoms with Gasteiger partial charge in [-0.1, -0.05) is 54.2 Å². The van der Waals surface area contributed by atoms with Gasteiger partial charge in [0, 0.05) is 28.7 Å². The van der Waals surface area contributed by atoms with Gasteiger partial charge in [-0.25, -0.2) is 0 Å². The van der Waals surface area contributed by atoms with Crippen molar-refractivity contribution in [1.29, 1.82) is 0 Å². The van der Waals surface area contributed by atoms with Gasteiger partial charge in [0.1, 0.15) is 0 Å². The topological polar surface area (TPSA) is 31.1 Å². The van der Waals surface area contributed by atoms with E-state index in [1.165, 1.54) is 26.9 Å². The van der Waals surface area contributed by atoms with E-state index < -0.39 is 0 Å². The largest absolute Gasteiger partial charge is 0.363 e. The van der Waals surface area contributed by atoms with E-state index in [4.69, 9.17) is 0 Å². The number of H-pyrrole nitrogens is 1. The van der Waals surface area contributed by atoms with Crippen LogP contribution in [0.25, 0.3) is 6.08 Å². The van der Waals surface area contributed by atoms with Crippen LogP contribution >= 0.6 is 11.8 Å². The summed E-state index contributed by atoms with van der Waals surface area (Å²) in [5.74, 6) is 0. The average molecular weight is 343 g/mol. The van der Waals surface area contributed by atoms with E-state index in [-0.39, 0.29) is 6.04 Å². The summed E-state index contributed by atoms with van der Waals surface area (Å²) < 4.78 is 0. The minimum Gasteiger partial charge on any atom is -0.363 e. The number of aromatic amines is 1. The third-order valence-electron chi connectivity index (χ3n) is 4.56. The molecule has 0 saturated heterocycles. The van der Waals surface area contributed by atoms with Crippen molar-refractivity contribution in [2.24, 2.45) is 0 Å². The Morgan fingerprint density at radius 2 is 1.80 bits per heavy atom. The van der Waals surface area contributed by atoms with Crippen LogP contribution in [0.4, 0.5) is 11.4 Å². The molecule has 2 aromatic carbocycles. The molecule has 3 aromatic rings. The molecule has 4 heteroatoms. The molecule has 0 radical (unpaired) electrons. The van der Waals surface area contributed by atoms with Crippen LogP contribution in [0.1, 0.15) is 17.3 Å². The zero-order valence-electron chi connectivity index (χ0n) is 13.5. The second-order valence-corrected chi connectivity index (χ2v) is 7.15. The molecular formula is C21H17N3S. The quantitative estimate of drug-likeness (QED) is 0.634. The minimum absolute atomic E-state index is 0.149. The summed E-state index contributed by atoms with van der Waals surface area (Å²) in [7, 11) is 0. The average Bonchev–Trinajstić information content (AvgIpc) is 3.21. The lowest BCUT2D eigenvalue weighted by atomic mass is 10.0. The van der Waals surface area contributed by atoms with Crippen LogP contribution in [0, 0.1) is 0 Å². The van der Waals surface area contributed by atoms with E-state index in [2.05, 4.69) is 94.2 Å². The van der Waals surface area contributed by atoms with Crippen molar-refractivity contribution in [3.8, 4) is 0 Å². The Morgan fingerprint density at radius 1 is 0.920 bits per heavy atom. The summed E-state index contributed by atoms with van der Waals surface area (Å²) in [5.41, 5.74) is 4.81. The Balaban J connectivity index is 1.61. The third-order valence-corrected chi connectivity index (χ3v) is 5.66. The number of hydrogen-bond acceptors (Lipinski definition) is 3. The first kappa shape index (κ1) is 14.5. The fourth-order valence-electron chi connectivity index (χ4n) is 3.38. The number of anilines is 2. The van der Waals surface area contributed by atoms with Gasteiger partial charge < -0.3 is 15.2 Å². The lowest BCUT2D eigenvalue weighted by molar-refractivity contribution is 0.803. The van der Waals surface area contributed by atoms with Gasteiger partial charge in [0.05, 0.1) is 16.8 Å². The van der Waals surface area contributed by atoms with E-state index in [1.807, 2.05) is 6.20 Å². The molecule has 5 rings (SSSR count). The fraction of sp³-hybridized carbons (Fsp3) is 0.0476. The van der Waals surface area contributed by atoms with Crippen LogP contribution in [-0.4, -0.2) is 4.98 Å². The molecule has 0 bridgehead atoms. The van der Waals surface area contributed by atoms with Crippen molar-refractivity contribution in [3.63, 3.8) is 0 Å². The smallest absolute Gasteiger partial charge is 0.0973 e. The number of thioether (sulfide) groups is 1. The van der Waals surface area contributed by atoms with Crippen molar-refractivity contribution in [2.75, 3.05) is 10.2 Å². The molecule has 1 aromatic heterocycles. The molecule has 0 spiro atoms. The van der Waals surface area contributed by atoms with Crippen LogP contribution in [0.15, 0.2) is 89.1 Å². The lowest BCUT2D eigenvalue weighted by Crippen LogP contribution is -2.29. The summed E-state index contributed by atoms with van der Waals surface area (Å²) in [6, 6.07) is 21.3. The first-order valence-corrected chi connectivity index (χ1v) is 9.15. The summed E-state index contributed by atoms with van der Waals surface area (Å²) in [6.07, 6.45) is 8.57. The maximum absolute atomic E-state index is 3.45. The van der Waals surface area contributed by atoms with E-state index in [0.717, 1.165) is 5.69 Å². The molecule has 0 amide bonds. The highest BCUT2D eigenvalue weighted by Gasteiger charge is 2.29. The van der Waals surface area contributed by atoms with E-state index in [9.17, 15) is 0 Å². The molecule has 0 saturated carbocycles. The van der Waals surface area contributed by atoms with Crippen molar-refractivity contribution in [2.45, 2.75) is 10.9 Å². The highest BCUT2D eigenvalue weighted by molar-refractivity contribution is 8.03. The summed E-state index contributed by atoms with van der Waals surface area (Å²) in [5, 5.41) is 4.64. The number of rotatable bonds is 2. The predicted octanol–water partition coefficient (Wildman–Crippen LogP) is 5.61. The van der Waals surface area contributed by atoms with Gasteiger partial charge >= 0.3 is 0 Å². The Morgan fingerprint density at radius 3 is 2.72 bits per heavy atom. The van der Waals surface area contributed by atoms with Gasteiger partial charge in [-0.2, -0.15) is 0 Å². The zero-order valence-corrected chi connectivity index (χ0v) is 14.3. The number of benzene rings is 2. The molecule has 2 N–H and O–H groups in total. The summed E-state index contributed by atoms with van der Waals surface area (Å²) in [4.78, 5) is 7.02. The number of fused-ring (bicyclic) bond motifs is 2. The van der Waals surface area contributed by atoms with Crippen LogP contribution in [-0.2, 0) is 0 Å². The van der Waals surface area contributed by atoms with Crippen molar-refractivity contribution < 1.29 is 0 Å². The molecule has 122 valence electrons. The molecule has 3 nitrogen and oxygen atoms in total. The minimum atomic E-state index is 0.149. The summed E-state index contributed by atoms with van der Waals surface area (Å²) >= 11 is 1.80. The first-order chi connectivity index (χ1) is 12.4. The Labute approximate surface area is 151 Å². The van der Waals surface area contributed by atoms with Crippen LogP contribution in [0.5, 0.6) is 0 Å². The monoisotopic (exact) mass is 343 g/mol. The Kier molecular flexibility index (Phi) is 3.42. The zero-order chi connectivity index (χ0) is 16.6. The second-order valence-electron chi connectivity index (χ2n) is 6.08. The van der Waals surface area contributed by atoms with E-state index in [1.54, 1.807) is 11.8 Å². The lowest BCUT2D eigenvalue weighted by Gasteiger charge is -2.37. The van der Waals surface area contributed by atoms with Gasteiger partial charge in [-0.15, -0.1) is 0 Å². The predicted molar refractivity (Wildman–Crippen MR) is 105 cm³/mol. The third kappa shape index (κ3) is 2.46. The van der Waals surface area contributed by atoms with Crippen LogP contribution < -0.4 is 10.2 Å². The van der Waals surface area contributed by atoms with E-state index >= 15 is 0 Å². The number of hydrogen-bond donors (Lipinski definition) is 2. The standard InChI is InChI=1S/C21H17N3S/c1-3-9-18-15(6-1)11-12-19(16-8-5-13-22-16)24(18)21-14-23-17-7-2-4-10-20(17)25-21/h1-14,19,22-23H. The molecule has 2 aliphatic heterocycles.